The van der Waals surface area contributed by atoms with Gasteiger partial charge >= 0.3 is 6.09 Å². The molecule has 2 rings (SSSR count). The molecule has 0 saturated carbocycles. The highest BCUT2D eigenvalue weighted by Crippen LogP contribution is 2.32. The third-order valence-corrected chi connectivity index (χ3v) is 3.50. The summed E-state index contributed by atoms with van der Waals surface area (Å²) < 4.78 is 11.2. The van der Waals surface area contributed by atoms with Crippen LogP contribution >= 0.6 is 0 Å². The largest absolute Gasteiger partial charge is 0.491 e. The Bertz CT molecular complexity index is 677. The lowest BCUT2D eigenvalue weighted by Gasteiger charge is -2.29. The van der Waals surface area contributed by atoms with Gasteiger partial charge in [0.2, 0.25) is 0 Å². The zero-order chi connectivity index (χ0) is 18.3. The molecular weight excluding hydrogens is 314 g/mol. The van der Waals surface area contributed by atoms with Gasteiger partial charge in [-0.15, -0.1) is 0 Å². The van der Waals surface area contributed by atoms with Crippen LogP contribution in [-0.4, -0.2) is 11.7 Å². The number of benzene rings is 2. The van der Waals surface area contributed by atoms with Crippen LogP contribution in [0.2, 0.25) is 0 Å². The van der Waals surface area contributed by atoms with Crippen molar-refractivity contribution in [2.45, 2.75) is 38.5 Å². The van der Waals surface area contributed by atoms with Crippen LogP contribution in [-0.2, 0) is 9.47 Å². The van der Waals surface area contributed by atoms with Gasteiger partial charge in [-0.1, -0.05) is 67.2 Å². The normalized spacial score (nSPS) is 13.4. The molecule has 25 heavy (non-hydrogen) atoms. The minimum atomic E-state index is -0.577. The van der Waals surface area contributed by atoms with E-state index < -0.39 is 23.8 Å². The number of carbonyl (C=O) groups is 1. The molecule has 132 valence electrons. The Morgan fingerprint density at radius 1 is 1.00 bits per heavy atom. The number of ether oxygens (including phenoxy) is 2. The quantitative estimate of drug-likeness (QED) is 0.740. The van der Waals surface area contributed by atoms with Gasteiger partial charge in [-0.3, -0.25) is 0 Å². The van der Waals surface area contributed by atoms with Gasteiger partial charge in [-0.05, 0) is 31.9 Å². The molecule has 0 spiro atoms. The highest BCUT2D eigenvalue weighted by atomic mass is 16.6. The van der Waals surface area contributed by atoms with Crippen molar-refractivity contribution in [3.63, 3.8) is 0 Å². The number of alkyl carbamates (subject to hydrolysis) is 1. The zero-order valence-electron chi connectivity index (χ0n) is 14.9. The Morgan fingerprint density at radius 3 is 2.00 bits per heavy atom. The van der Waals surface area contributed by atoms with Gasteiger partial charge in [0.1, 0.15) is 11.7 Å². The SMILES string of the molecule is C=CO[C@@H](c1ccccc1)[C@H](NC(=O)OC(C)(C)C)c1ccccc1. The lowest BCUT2D eigenvalue weighted by molar-refractivity contribution is 0.0398. The van der Waals surface area contributed by atoms with E-state index >= 15 is 0 Å². The summed E-state index contributed by atoms with van der Waals surface area (Å²) in [6, 6.07) is 19.0. The topological polar surface area (TPSA) is 47.6 Å². The number of hydrogen-bond acceptors (Lipinski definition) is 3. The van der Waals surface area contributed by atoms with Gasteiger partial charge < -0.3 is 14.8 Å². The van der Waals surface area contributed by atoms with Gasteiger partial charge in [0, 0.05) is 0 Å². The summed E-state index contributed by atoms with van der Waals surface area (Å²) in [7, 11) is 0. The third-order valence-electron chi connectivity index (χ3n) is 3.50. The predicted octanol–water partition coefficient (Wildman–Crippen LogP) is 5.15. The highest BCUT2D eigenvalue weighted by molar-refractivity contribution is 5.68. The second kappa shape index (κ2) is 8.38. The molecule has 4 heteroatoms. The molecule has 0 saturated heterocycles. The average Bonchev–Trinajstić information content (AvgIpc) is 2.58. The van der Waals surface area contributed by atoms with Crippen molar-refractivity contribution in [1.29, 1.82) is 0 Å². The van der Waals surface area contributed by atoms with Crippen LogP contribution in [0.25, 0.3) is 0 Å². The molecule has 4 nitrogen and oxygen atoms in total. The second-order valence-corrected chi connectivity index (χ2v) is 6.67. The van der Waals surface area contributed by atoms with Crippen LogP contribution in [0.5, 0.6) is 0 Å². The van der Waals surface area contributed by atoms with E-state index in [2.05, 4.69) is 11.9 Å². The lowest BCUT2D eigenvalue weighted by atomic mass is 9.95. The van der Waals surface area contributed by atoms with E-state index in [0.717, 1.165) is 11.1 Å². The van der Waals surface area contributed by atoms with Crippen molar-refractivity contribution < 1.29 is 14.3 Å². The van der Waals surface area contributed by atoms with Crippen LogP contribution in [0.4, 0.5) is 4.79 Å². The first-order valence-electron chi connectivity index (χ1n) is 8.26. The fraction of sp³-hybridized carbons (Fsp3) is 0.286. The highest BCUT2D eigenvalue weighted by Gasteiger charge is 2.29. The number of nitrogens with one attached hydrogen (secondary N) is 1. The molecule has 0 aliphatic carbocycles. The fourth-order valence-electron chi connectivity index (χ4n) is 2.52. The van der Waals surface area contributed by atoms with Crippen LogP contribution in [0.1, 0.15) is 44.0 Å². The summed E-state index contributed by atoms with van der Waals surface area (Å²) in [6.07, 6.45) is 0.480. The van der Waals surface area contributed by atoms with Crippen molar-refractivity contribution in [1.82, 2.24) is 5.32 Å². The number of amides is 1. The van der Waals surface area contributed by atoms with Gasteiger partial charge in [0.25, 0.3) is 0 Å². The van der Waals surface area contributed by atoms with Crippen molar-refractivity contribution in [3.8, 4) is 0 Å². The molecule has 1 amide bonds. The maximum atomic E-state index is 12.4. The Morgan fingerprint density at radius 2 is 1.52 bits per heavy atom. The van der Waals surface area contributed by atoms with E-state index in [1.165, 1.54) is 6.26 Å². The molecule has 0 fully saturated rings. The first-order chi connectivity index (χ1) is 11.9. The predicted molar refractivity (Wildman–Crippen MR) is 99.0 cm³/mol. The summed E-state index contributed by atoms with van der Waals surface area (Å²) in [4.78, 5) is 12.4. The van der Waals surface area contributed by atoms with Gasteiger partial charge in [0.15, 0.2) is 0 Å². The summed E-state index contributed by atoms with van der Waals surface area (Å²) in [5.74, 6) is 0. The minimum absolute atomic E-state index is 0.420. The summed E-state index contributed by atoms with van der Waals surface area (Å²) in [6.45, 7) is 9.17. The molecule has 2 aromatic carbocycles. The van der Waals surface area contributed by atoms with E-state index in [1.54, 1.807) is 0 Å². The Labute approximate surface area is 149 Å². The third kappa shape index (κ3) is 5.68. The van der Waals surface area contributed by atoms with E-state index in [9.17, 15) is 4.79 Å². The summed E-state index contributed by atoms with van der Waals surface area (Å²) in [5, 5.41) is 2.94. The second-order valence-electron chi connectivity index (χ2n) is 6.67. The Balaban J connectivity index is 2.35. The maximum Gasteiger partial charge on any atom is 0.408 e. The molecule has 0 radical (unpaired) electrons. The standard InChI is InChI=1S/C21H25NO3/c1-5-24-19(17-14-10-7-11-15-17)18(16-12-8-6-9-13-16)22-20(23)25-21(2,3)4/h5-15,18-19H,1H2,2-4H3,(H,22,23)/t18-,19+/m1/s1. The average molecular weight is 339 g/mol. The summed E-state index contributed by atoms with van der Waals surface area (Å²) >= 11 is 0. The van der Waals surface area contributed by atoms with Gasteiger partial charge in [-0.25, -0.2) is 4.79 Å². The molecule has 2 atom stereocenters. The van der Waals surface area contributed by atoms with Crippen LogP contribution < -0.4 is 5.32 Å². The lowest BCUT2D eigenvalue weighted by Crippen LogP contribution is -2.37. The van der Waals surface area contributed by atoms with E-state index in [1.807, 2.05) is 81.4 Å². The molecule has 0 bridgehead atoms. The minimum Gasteiger partial charge on any atom is -0.491 e. The number of rotatable bonds is 6. The Hall–Kier alpha value is -2.75. The first-order valence-corrected chi connectivity index (χ1v) is 8.26. The smallest absolute Gasteiger partial charge is 0.408 e. The summed E-state index contributed by atoms with van der Waals surface area (Å²) in [5.41, 5.74) is 1.28. The van der Waals surface area contributed by atoms with E-state index in [0.29, 0.717) is 0 Å². The maximum absolute atomic E-state index is 12.4. The van der Waals surface area contributed by atoms with Crippen molar-refractivity contribution in [3.05, 3.63) is 84.6 Å². The van der Waals surface area contributed by atoms with Crippen LogP contribution in [0.15, 0.2) is 73.5 Å². The van der Waals surface area contributed by atoms with E-state index in [-0.39, 0.29) is 0 Å². The monoisotopic (exact) mass is 339 g/mol. The first kappa shape index (κ1) is 18.6. The molecule has 0 aliphatic heterocycles. The van der Waals surface area contributed by atoms with Crippen LogP contribution in [0, 0.1) is 0 Å². The Kier molecular flexibility index (Phi) is 6.23. The van der Waals surface area contributed by atoms with Gasteiger partial charge in [0.05, 0.1) is 12.3 Å². The molecule has 0 aromatic heterocycles. The van der Waals surface area contributed by atoms with E-state index in [4.69, 9.17) is 9.47 Å². The van der Waals surface area contributed by atoms with Crippen molar-refractivity contribution >= 4 is 6.09 Å². The molecule has 0 unspecified atom stereocenters. The van der Waals surface area contributed by atoms with Crippen LogP contribution in [0.3, 0.4) is 0 Å². The zero-order valence-corrected chi connectivity index (χ0v) is 14.9. The van der Waals surface area contributed by atoms with Crippen molar-refractivity contribution in [2.24, 2.45) is 0 Å². The molecular formula is C21H25NO3. The molecule has 1 N–H and O–H groups in total. The number of carbonyl (C=O) groups excluding carboxylic acids is 1. The van der Waals surface area contributed by atoms with Crippen molar-refractivity contribution in [2.75, 3.05) is 0 Å². The number of hydrogen-bond donors (Lipinski definition) is 1. The van der Waals surface area contributed by atoms with Gasteiger partial charge in [-0.2, -0.15) is 0 Å². The molecule has 0 aliphatic rings. The fourth-order valence-corrected chi connectivity index (χ4v) is 2.52. The molecule has 2 aromatic rings. The molecule has 0 heterocycles.